The molecule has 0 heterocycles. The highest BCUT2D eigenvalue weighted by molar-refractivity contribution is 9.10. The fourth-order valence-corrected chi connectivity index (χ4v) is 1.90. The summed E-state index contributed by atoms with van der Waals surface area (Å²) < 4.78 is 19.7. The van der Waals surface area contributed by atoms with Gasteiger partial charge in [-0.25, -0.2) is 4.39 Å². The molecule has 0 saturated heterocycles. The standard InChI is InChI=1S/C15H11BrFNO2/c16-12-4-2-11(3-5-12)14(19)9-20-15-6-1-10(8-18)7-13(15)17/h1-7,14,19H,9H2. The summed E-state index contributed by atoms with van der Waals surface area (Å²) in [5, 5.41) is 18.6. The zero-order valence-electron chi connectivity index (χ0n) is 10.4. The van der Waals surface area contributed by atoms with Crippen LogP contribution in [0.5, 0.6) is 5.75 Å². The number of nitrogens with zero attached hydrogens (tertiary/aromatic N) is 1. The van der Waals surface area contributed by atoms with Crippen molar-refractivity contribution in [2.45, 2.75) is 6.10 Å². The summed E-state index contributed by atoms with van der Waals surface area (Å²) in [7, 11) is 0. The first-order chi connectivity index (χ1) is 9.60. The Morgan fingerprint density at radius 2 is 1.95 bits per heavy atom. The number of nitriles is 1. The van der Waals surface area contributed by atoms with Crippen LogP contribution in [0.2, 0.25) is 0 Å². The molecule has 102 valence electrons. The minimum Gasteiger partial charge on any atom is -0.487 e. The molecule has 0 aromatic heterocycles. The van der Waals surface area contributed by atoms with E-state index in [4.69, 9.17) is 10.00 Å². The average molecular weight is 336 g/mol. The van der Waals surface area contributed by atoms with E-state index < -0.39 is 11.9 Å². The van der Waals surface area contributed by atoms with Gasteiger partial charge in [0.2, 0.25) is 0 Å². The van der Waals surface area contributed by atoms with Gasteiger partial charge in [0.15, 0.2) is 11.6 Å². The molecule has 2 aromatic rings. The number of ether oxygens (including phenoxy) is 1. The maximum absolute atomic E-state index is 13.6. The molecule has 1 N–H and O–H groups in total. The van der Waals surface area contributed by atoms with E-state index in [1.54, 1.807) is 24.3 Å². The van der Waals surface area contributed by atoms with Crippen molar-refractivity contribution in [3.05, 3.63) is 63.9 Å². The highest BCUT2D eigenvalue weighted by atomic mass is 79.9. The van der Waals surface area contributed by atoms with Crippen molar-refractivity contribution in [1.82, 2.24) is 0 Å². The van der Waals surface area contributed by atoms with E-state index >= 15 is 0 Å². The van der Waals surface area contributed by atoms with Crippen molar-refractivity contribution in [3.8, 4) is 11.8 Å². The van der Waals surface area contributed by atoms with Crippen LogP contribution < -0.4 is 4.74 Å². The van der Waals surface area contributed by atoms with Crippen LogP contribution in [0.15, 0.2) is 46.9 Å². The molecule has 2 aromatic carbocycles. The lowest BCUT2D eigenvalue weighted by atomic mass is 10.1. The normalized spacial score (nSPS) is 11.7. The van der Waals surface area contributed by atoms with Crippen LogP contribution in [-0.4, -0.2) is 11.7 Å². The molecule has 3 nitrogen and oxygen atoms in total. The summed E-state index contributed by atoms with van der Waals surface area (Å²) >= 11 is 3.30. The number of aliphatic hydroxyl groups is 1. The Hall–Kier alpha value is -1.90. The van der Waals surface area contributed by atoms with Crippen LogP contribution in [0.4, 0.5) is 4.39 Å². The van der Waals surface area contributed by atoms with Crippen molar-refractivity contribution in [3.63, 3.8) is 0 Å². The molecule has 2 rings (SSSR count). The average Bonchev–Trinajstić information content (AvgIpc) is 2.46. The second kappa shape index (κ2) is 6.51. The van der Waals surface area contributed by atoms with Crippen LogP contribution in [0.25, 0.3) is 0 Å². The molecular weight excluding hydrogens is 325 g/mol. The number of halogens is 2. The van der Waals surface area contributed by atoms with Crippen LogP contribution in [0.3, 0.4) is 0 Å². The monoisotopic (exact) mass is 335 g/mol. The van der Waals surface area contributed by atoms with E-state index in [-0.39, 0.29) is 17.9 Å². The quantitative estimate of drug-likeness (QED) is 0.929. The molecule has 0 fully saturated rings. The van der Waals surface area contributed by atoms with E-state index in [2.05, 4.69) is 15.9 Å². The van der Waals surface area contributed by atoms with E-state index in [1.165, 1.54) is 12.1 Å². The predicted molar refractivity (Wildman–Crippen MR) is 75.7 cm³/mol. The summed E-state index contributed by atoms with van der Waals surface area (Å²) in [5.74, 6) is -0.604. The molecule has 20 heavy (non-hydrogen) atoms. The van der Waals surface area contributed by atoms with Crippen LogP contribution in [0.1, 0.15) is 17.2 Å². The number of hydrogen-bond donors (Lipinski definition) is 1. The summed E-state index contributed by atoms with van der Waals surface area (Å²) in [4.78, 5) is 0. The van der Waals surface area contributed by atoms with Gasteiger partial charge < -0.3 is 9.84 Å². The molecule has 0 saturated carbocycles. The molecule has 1 atom stereocenters. The SMILES string of the molecule is N#Cc1ccc(OCC(O)c2ccc(Br)cc2)c(F)c1. The van der Waals surface area contributed by atoms with Gasteiger partial charge in [-0.2, -0.15) is 5.26 Å². The fourth-order valence-electron chi connectivity index (χ4n) is 1.64. The zero-order valence-corrected chi connectivity index (χ0v) is 12.0. The Morgan fingerprint density at radius 3 is 2.55 bits per heavy atom. The van der Waals surface area contributed by atoms with Crippen molar-refractivity contribution < 1.29 is 14.2 Å². The molecule has 0 aliphatic carbocycles. The highest BCUT2D eigenvalue weighted by Crippen LogP contribution is 2.21. The topological polar surface area (TPSA) is 53.2 Å². The fraction of sp³-hybridized carbons (Fsp3) is 0.133. The Bertz CT molecular complexity index is 637. The molecule has 1 unspecified atom stereocenters. The van der Waals surface area contributed by atoms with Gasteiger partial charge in [0.1, 0.15) is 12.7 Å². The van der Waals surface area contributed by atoms with Gasteiger partial charge in [-0.1, -0.05) is 28.1 Å². The largest absolute Gasteiger partial charge is 0.487 e. The number of aliphatic hydroxyl groups excluding tert-OH is 1. The van der Waals surface area contributed by atoms with Crippen molar-refractivity contribution in [1.29, 1.82) is 5.26 Å². The molecule has 0 radical (unpaired) electrons. The maximum Gasteiger partial charge on any atom is 0.166 e. The Labute approximate surface area is 124 Å². The van der Waals surface area contributed by atoms with E-state index in [0.717, 1.165) is 10.5 Å². The smallest absolute Gasteiger partial charge is 0.166 e. The first-order valence-electron chi connectivity index (χ1n) is 5.86. The second-order valence-electron chi connectivity index (χ2n) is 4.14. The summed E-state index contributed by atoms with van der Waals surface area (Å²) in [6.45, 7) is -0.0650. The maximum atomic E-state index is 13.6. The first kappa shape index (κ1) is 14.5. The minimum atomic E-state index is -0.849. The molecular formula is C15H11BrFNO2. The molecule has 0 aliphatic heterocycles. The van der Waals surface area contributed by atoms with Gasteiger partial charge in [0.25, 0.3) is 0 Å². The van der Waals surface area contributed by atoms with Gasteiger partial charge in [0, 0.05) is 4.47 Å². The molecule has 0 bridgehead atoms. The van der Waals surface area contributed by atoms with Gasteiger partial charge in [0.05, 0.1) is 11.6 Å². The number of rotatable bonds is 4. The van der Waals surface area contributed by atoms with E-state index in [0.29, 0.717) is 5.56 Å². The summed E-state index contributed by atoms with van der Waals surface area (Å²) in [6, 6.07) is 12.9. The van der Waals surface area contributed by atoms with Gasteiger partial charge in [-0.15, -0.1) is 0 Å². The van der Waals surface area contributed by atoms with Gasteiger partial charge >= 0.3 is 0 Å². The van der Waals surface area contributed by atoms with Crippen LogP contribution >= 0.6 is 15.9 Å². The van der Waals surface area contributed by atoms with E-state index in [9.17, 15) is 9.50 Å². The van der Waals surface area contributed by atoms with Gasteiger partial charge in [-0.3, -0.25) is 0 Å². The second-order valence-corrected chi connectivity index (χ2v) is 5.05. The van der Waals surface area contributed by atoms with Gasteiger partial charge in [-0.05, 0) is 35.9 Å². The van der Waals surface area contributed by atoms with Crippen LogP contribution in [0, 0.1) is 17.1 Å². The Morgan fingerprint density at radius 1 is 1.25 bits per heavy atom. The van der Waals surface area contributed by atoms with E-state index in [1.807, 2.05) is 6.07 Å². The van der Waals surface area contributed by atoms with Crippen LogP contribution in [-0.2, 0) is 0 Å². The van der Waals surface area contributed by atoms with Crippen molar-refractivity contribution >= 4 is 15.9 Å². The number of benzene rings is 2. The molecule has 0 spiro atoms. The summed E-state index contributed by atoms with van der Waals surface area (Å²) in [6.07, 6.45) is -0.849. The lowest BCUT2D eigenvalue weighted by Gasteiger charge is -2.13. The first-order valence-corrected chi connectivity index (χ1v) is 6.65. The summed E-state index contributed by atoms with van der Waals surface area (Å²) in [5.41, 5.74) is 0.908. The Kier molecular flexibility index (Phi) is 4.72. The molecule has 0 amide bonds. The third-order valence-corrected chi connectivity index (χ3v) is 3.24. The number of hydrogen-bond acceptors (Lipinski definition) is 3. The van der Waals surface area contributed by atoms with Crippen molar-refractivity contribution in [2.24, 2.45) is 0 Å². The molecule has 0 aliphatic rings. The Balaban J connectivity index is 2.01. The zero-order chi connectivity index (χ0) is 14.5. The lowest BCUT2D eigenvalue weighted by molar-refractivity contribution is 0.106. The lowest BCUT2D eigenvalue weighted by Crippen LogP contribution is -2.10. The minimum absolute atomic E-state index is 0.0140. The third kappa shape index (κ3) is 3.56. The molecule has 5 heteroatoms. The van der Waals surface area contributed by atoms with Crippen molar-refractivity contribution in [2.75, 3.05) is 6.61 Å². The highest BCUT2D eigenvalue weighted by Gasteiger charge is 2.11. The predicted octanol–water partition coefficient (Wildman–Crippen LogP) is 3.57. The third-order valence-electron chi connectivity index (χ3n) is 2.71.